The molecule has 0 radical (unpaired) electrons. The molecular formula is C11H19NO3S. The molecule has 0 aromatic heterocycles. The molecule has 1 N–H and O–H groups in total. The summed E-state index contributed by atoms with van der Waals surface area (Å²) >= 11 is -1.19. The molecular weight excluding hydrogens is 226 g/mol. The second kappa shape index (κ2) is 3.89. The molecule has 1 heterocycles. The van der Waals surface area contributed by atoms with Crippen LogP contribution in [-0.2, 0) is 16.2 Å². The van der Waals surface area contributed by atoms with E-state index >= 15 is 0 Å². The number of nitrogens with zero attached hydrogens (tertiary/aromatic N) is 1. The van der Waals surface area contributed by atoms with Crippen LogP contribution in [-0.4, -0.2) is 36.8 Å². The first-order valence-corrected chi connectivity index (χ1v) is 6.88. The number of hydrogen-bond donors (Lipinski definition) is 1. The first-order valence-electron chi connectivity index (χ1n) is 5.77. The molecule has 4 nitrogen and oxygen atoms in total. The molecule has 0 aromatic carbocycles. The van der Waals surface area contributed by atoms with Crippen LogP contribution < -0.4 is 0 Å². The number of carboxylic acid groups (broad SMARTS) is 1. The van der Waals surface area contributed by atoms with Crippen molar-refractivity contribution in [3.05, 3.63) is 0 Å². The molecule has 0 bridgehead atoms. The smallest absolute Gasteiger partial charge is 0.327 e. The summed E-state index contributed by atoms with van der Waals surface area (Å²) in [5.74, 6) is -0.373. The van der Waals surface area contributed by atoms with E-state index < -0.39 is 23.4 Å². The first kappa shape index (κ1) is 12.2. The van der Waals surface area contributed by atoms with Gasteiger partial charge in [0.05, 0.1) is 6.04 Å². The highest BCUT2D eigenvalue weighted by Gasteiger charge is 2.66. The highest BCUT2D eigenvalue weighted by molar-refractivity contribution is 7.90. The van der Waals surface area contributed by atoms with Gasteiger partial charge in [0.1, 0.15) is 4.75 Å². The fourth-order valence-electron chi connectivity index (χ4n) is 2.26. The zero-order chi connectivity index (χ0) is 12.1. The van der Waals surface area contributed by atoms with Gasteiger partial charge in [-0.1, -0.05) is 6.42 Å². The van der Waals surface area contributed by atoms with Crippen molar-refractivity contribution in [2.75, 3.05) is 0 Å². The average molecular weight is 245 g/mol. The monoisotopic (exact) mass is 245 g/mol. The van der Waals surface area contributed by atoms with Crippen LogP contribution in [0.4, 0.5) is 0 Å². The van der Waals surface area contributed by atoms with Gasteiger partial charge in [-0.15, -0.1) is 4.31 Å². The maximum atomic E-state index is 12.2. The number of rotatable bonds is 3. The maximum Gasteiger partial charge on any atom is 0.327 e. The Morgan fingerprint density at radius 3 is 2.31 bits per heavy atom. The largest absolute Gasteiger partial charge is 0.597 e. The fourth-order valence-corrected chi connectivity index (χ4v) is 3.77. The molecule has 1 aliphatic heterocycles. The molecule has 16 heavy (non-hydrogen) atoms. The van der Waals surface area contributed by atoms with Gasteiger partial charge in [-0.25, -0.2) is 0 Å². The molecule has 92 valence electrons. The minimum absolute atomic E-state index is 0.0197. The van der Waals surface area contributed by atoms with E-state index in [1.54, 1.807) is 4.31 Å². The fraction of sp³-hybridized carbons (Fsp3) is 0.909. The van der Waals surface area contributed by atoms with E-state index in [1.165, 1.54) is 6.42 Å². The second-order valence-corrected chi connectivity index (χ2v) is 7.83. The van der Waals surface area contributed by atoms with Gasteiger partial charge in [-0.3, -0.25) is 4.79 Å². The molecule has 0 amide bonds. The molecule has 5 heteroatoms. The SMILES string of the molecule is CC(C)(C)[S+]([O-])N1[C@H](C(=O)O)[C@@H]1C1CCC1. The van der Waals surface area contributed by atoms with Crippen LogP contribution in [0.2, 0.25) is 0 Å². The van der Waals surface area contributed by atoms with E-state index in [1.807, 2.05) is 20.8 Å². The number of carbonyl (C=O) groups is 1. The van der Waals surface area contributed by atoms with Crippen molar-refractivity contribution in [3.8, 4) is 0 Å². The molecule has 2 unspecified atom stereocenters. The van der Waals surface area contributed by atoms with Crippen LogP contribution in [0.3, 0.4) is 0 Å². The summed E-state index contributed by atoms with van der Waals surface area (Å²) in [6.07, 6.45) is 3.36. The third-order valence-electron chi connectivity index (χ3n) is 3.40. The minimum Gasteiger partial charge on any atom is -0.597 e. The van der Waals surface area contributed by atoms with Crippen molar-refractivity contribution < 1.29 is 14.5 Å². The lowest BCUT2D eigenvalue weighted by Crippen LogP contribution is -2.36. The normalized spacial score (nSPS) is 36.6. The molecule has 2 rings (SSSR count). The standard InChI is InChI=1S/C11H19NO3S/c1-11(2,3)16(15)12-8(7-5-4-6-7)9(12)10(13)14/h7-9H,4-6H2,1-3H3,(H,13,14)/t8-,9-,12?,16?/m0/s1. The van der Waals surface area contributed by atoms with Crippen LogP contribution in [0.15, 0.2) is 0 Å². The zero-order valence-corrected chi connectivity index (χ0v) is 10.8. The van der Waals surface area contributed by atoms with Crippen LogP contribution >= 0.6 is 0 Å². The van der Waals surface area contributed by atoms with E-state index in [0.29, 0.717) is 5.92 Å². The highest BCUT2D eigenvalue weighted by atomic mass is 32.2. The lowest BCUT2D eigenvalue weighted by Gasteiger charge is -2.28. The van der Waals surface area contributed by atoms with E-state index in [0.717, 1.165) is 12.8 Å². The average Bonchev–Trinajstić information content (AvgIpc) is 2.73. The molecule has 1 saturated carbocycles. The Hall–Kier alpha value is -0.260. The van der Waals surface area contributed by atoms with Crippen molar-refractivity contribution in [2.45, 2.75) is 56.9 Å². The van der Waals surface area contributed by atoms with E-state index in [4.69, 9.17) is 5.11 Å². The number of carboxylic acids is 1. The van der Waals surface area contributed by atoms with Gasteiger partial charge in [0.25, 0.3) is 0 Å². The molecule has 1 aliphatic carbocycles. The van der Waals surface area contributed by atoms with Crippen molar-refractivity contribution in [3.63, 3.8) is 0 Å². The summed E-state index contributed by atoms with van der Waals surface area (Å²) in [5, 5.41) is 9.10. The third-order valence-corrected chi connectivity index (χ3v) is 5.30. The van der Waals surface area contributed by atoms with Crippen molar-refractivity contribution in [1.29, 1.82) is 0 Å². The number of aliphatic carboxylic acids is 1. The molecule has 1 saturated heterocycles. The van der Waals surface area contributed by atoms with Crippen LogP contribution in [0.1, 0.15) is 40.0 Å². The predicted molar refractivity (Wildman–Crippen MR) is 62.3 cm³/mol. The Kier molecular flexibility index (Phi) is 2.97. The topological polar surface area (TPSA) is 63.4 Å². The van der Waals surface area contributed by atoms with Gasteiger partial charge in [0, 0.05) is 11.4 Å². The third kappa shape index (κ3) is 1.96. The van der Waals surface area contributed by atoms with Crippen molar-refractivity contribution in [2.24, 2.45) is 5.92 Å². The summed E-state index contributed by atoms with van der Waals surface area (Å²) in [5.41, 5.74) is 0. The second-order valence-electron chi connectivity index (χ2n) is 5.69. The van der Waals surface area contributed by atoms with Crippen molar-refractivity contribution in [1.82, 2.24) is 4.31 Å². The number of hydrogen-bond acceptors (Lipinski definition) is 3. The van der Waals surface area contributed by atoms with Gasteiger partial charge in [-0.05, 0) is 39.5 Å². The Bertz CT molecular complexity index is 298. The molecule has 4 atom stereocenters. The molecule has 2 fully saturated rings. The minimum atomic E-state index is -1.19. The van der Waals surface area contributed by atoms with Crippen LogP contribution in [0.5, 0.6) is 0 Å². The van der Waals surface area contributed by atoms with Crippen LogP contribution in [0.25, 0.3) is 0 Å². The molecule has 0 spiro atoms. The zero-order valence-electron chi connectivity index (χ0n) is 9.97. The molecule has 2 aliphatic rings. The Labute approximate surface area is 99.3 Å². The summed E-state index contributed by atoms with van der Waals surface area (Å²) in [6.45, 7) is 5.66. The molecule has 0 aromatic rings. The van der Waals surface area contributed by atoms with Gasteiger partial charge in [0.2, 0.25) is 0 Å². The Morgan fingerprint density at radius 1 is 1.44 bits per heavy atom. The van der Waals surface area contributed by atoms with Crippen LogP contribution in [0, 0.1) is 5.92 Å². The summed E-state index contributed by atoms with van der Waals surface area (Å²) in [6, 6.07) is -0.489. The lowest BCUT2D eigenvalue weighted by atomic mass is 9.82. The van der Waals surface area contributed by atoms with Gasteiger partial charge < -0.3 is 9.66 Å². The maximum absolute atomic E-state index is 12.2. The van der Waals surface area contributed by atoms with Gasteiger partial charge in [0.15, 0.2) is 6.04 Å². The van der Waals surface area contributed by atoms with E-state index in [-0.39, 0.29) is 10.8 Å². The Morgan fingerprint density at radius 2 is 2.00 bits per heavy atom. The van der Waals surface area contributed by atoms with E-state index in [2.05, 4.69) is 0 Å². The van der Waals surface area contributed by atoms with Crippen molar-refractivity contribution >= 4 is 17.3 Å². The lowest BCUT2D eigenvalue weighted by molar-refractivity contribution is -0.137. The predicted octanol–water partition coefficient (Wildman–Crippen LogP) is 1.39. The first-order chi connectivity index (χ1) is 7.34. The van der Waals surface area contributed by atoms with E-state index in [9.17, 15) is 9.35 Å². The highest BCUT2D eigenvalue weighted by Crippen LogP contribution is 2.47. The summed E-state index contributed by atoms with van der Waals surface area (Å²) in [4.78, 5) is 11.1. The Balaban J connectivity index is 2.06. The summed E-state index contributed by atoms with van der Waals surface area (Å²) < 4.78 is 13.5. The quantitative estimate of drug-likeness (QED) is 0.603. The summed E-state index contributed by atoms with van der Waals surface area (Å²) in [7, 11) is 0. The van der Waals surface area contributed by atoms with Gasteiger partial charge in [-0.2, -0.15) is 0 Å². The van der Waals surface area contributed by atoms with Gasteiger partial charge >= 0.3 is 5.97 Å².